The van der Waals surface area contributed by atoms with Crippen molar-refractivity contribution in [2.45, 2.75) is 13.8 Å². The zero-order valence-corrected chi connectivity index (χ0v) is 7.07. The van der Waals surface area contributed by atoms with E-state index >= 15 is 0 Å². The average molecular weight is 159 g/mol. The zero-order chi connectivity index (χ0) is 8.55. The van der Waals surface area contributed by atoms with Gasteiger partial charge in [0.1, 0.15) is 11.8 Å². The highest BCUT2D eigenvalue weighted by Gasteiger charge is 1.98. The van der Waals surface area contributed by atoms with Crippen LogP contribution in [0.2, 0.25) is 0 Å². The third-order valence-electron chi connectivity index (χ3n) is 2.00. The molecule has 0 aliphatic heterocycles. The maximum absolute atomic E-state index is 4.11. The Morgan fingerprint density at radius 3 is 2.42 bits per heavy atom. The summed E-state index contributed by atoms with van der Waals surface area (Å²) in [5, 5.41) is 7.69. The SMILES string of the molecule is Cc1cc2ncnnc2cc1C. The molecule has 2 rings (SSSR count). The van der Waals surface area contributed by atoms with E-state index in [9.17, 15) is 0 Å². The largest absolute Gasteiger partial charge is 0.233 e. The number of nitrogens with zero attached hydrogens (tertiary/aromatic N) is 3. The Balaban J connectivity index is 2.84. The van der Waals surface area contributed by atoms with Gasteiger partial charge in [-0.15, -0.1) is 10.2 Å². The second kappa shape index (κ2) is 2.52. The molecule has 0 spiro atoms. The fourth-order valence-electron chi connectivity index (χ4n) is 1.15. The predicted molar refractivity (Wildman–Crippen MR) is 46.8 cm³/mol. The molecule has 12 heavy (non-hydrogen) atoms. The summed E-state index contributed by atoms with van der Waals surface area (Å²) in [6.45, 7) is 4.13. The van der Waals surface area contributed by atoms with Crippen molar-refractivity contribution in [2.24, 2.45) is 0 Å². The van der Waals surface area contributed by atoms with E-state index in [1.165, 1.54) is 17.5 Å². The fourth-order valence-corrected chi connectivity index (χ4v) is 1.15. The van der Waals surface area contributed by atoms with Crippen LogP contribution in [0.25, 0.3) is 11.0 Å². The summed E-state index contributed by atoms with van der Waals surface area (Å²) in [6.07, 6.45) is 1.47. The van der Waals surface area contributed by atoms with Crippen LogP contribution in [0.1, 0.15) is 11.1 Å². The molecule has 0 saturated heterocycles. The van der Waals surface area contributed by atoms with Crippen LogP contribution in [0.15, 0.2) is 18.5 Å². The summed E-state index contributed by atoms with van der Waals surface area (Å²) in [5.74, 6) is 0. The Morgan fingerprint density at radius 1 is 1.00 bits per heavy atom. The first kappa shape index (κ1) is 7.16. The van der Waals surface area contributed by atoms with Crippen LogP contribution in [0.5, 0.6) is 0 Å². The molecule has 1 heterocycles. The van der Waals surface area contributed by atoms with Crippen molar-refractivity contribution in [3.63, 3.8) is 0 Å². The molecule has 60 valence electrons. The van der Waals surface area contributed by atoms with E-state index in [2.05, 4.69) is 29.0 Å². The molecule has 1 aromatic heterocycles. The van der Waals surface area contributed by atoms with Gasteiger partial charge in [-0.05, 0) is 37.1 Å². The molecule has 0 unspecified atom stereocenters. The van der Waals surface area contributed by atoms with Gasteiger partial charge < -0.3 is 0 Å². The van der Waals surface area contributed by atoms with E-state index in [0.717, 1.165) is 11.0 Å². The van der Waals surface area contributed by atoms with Gasteiger partial charge in [0.2, 0.25) is 0 Å². The first-order valence-corrected chi connectivity index (χ1v) is 3.82. The number of hydrogen-bond acceptors (Lipinski definition) is 3. The summed E-state index contributed by atoms with van der Waals surface area (Å²) in [5.41, 5.74) is 4.24. The lowest BCUT2D eigenvalue weighted by Gasteiger charge is -2.00. The summed E-state index contributed by atoms with van der Waals surface area (Å²) >= 11 is 0. The summed E-state index contributed by atoms with van der Waals surface area (Å²) in [4.78, 5) is 4.11. The minimum Gasteiger partial charge on any atom is -0.233 e. The molecule has 0 aliphatic carbocycles. The molecule has 0 bridgehead atoms. The van der Waals surface area contributed by atoms with Crippen LogP contribution in [0.3, 0.4) is 0 Å². The van der Waals surface area contributed by atoms with Gasteiger partial charge >= 0.3 is 0 Å². The highest BCUT2D eigenvalue weighted by atomic mass is 15.1. The third-order valence-corrected chi connectivity index (χ3v) is 2.00. The van der Waals surface area contributed by atoms with Crippen LogP contribution in [-0.4, -0.2) is 15.2 Å². The molecule has 0 saturated carbocycles. The Bertz CT molecular complexity index is 383. The molecule has 0 N–H and O–H groups in total. The quantitative estimate of drug-likeness (QED) is 0.586. The zero-order valence-electron chi connectivity index (χ0n) is 7.07. The normalized spacial score (nSPS) is 10.5. The second-order valence-corrected chi connectivity index (χ2v) is 2.89. The van der Waals surface area contributed by atoms with E-state index in [-0.39, 0.29) is 0 Å². The molecule has 3 nitrogen and oxygen atoms in total. The van der Waals surface area contributed by atoms with Crippen molar-refractivity contribution in [3.8, 4) is 0 Å². The van der Waals surface area contributed by atoms with Gasteiger partial charge in [0.15, 0.2) is 0 Å². The van der Waals surface area contributed by atoms with Gasteiger partial charge in [-0.1, -0.05) is 0 Å². The maximum Gasteiger partial charge on any atom is 0.138 e. The third kappa shape index (κ3) is 1.03. The minimum atomic E-state index is 0.862. The Morgan fingerprint density at radius 2 is 1.67 bits per heavy atom. The predicted octanol–water partition coefficient (Wildman–Crippen LogP) is 1.64. The smallest absolute Gasteiger partial charge is 0.138 e. The molecule has 0 radical (unpaired) electrons. The molecule has 2 aromatic rings. The minimum absolute atomic E-state index is 0.862. The van der Waals surface area contributed by atoms with Crippen molar-refractivity contribution >= 4 is 11.0 Å². The standard InChI is InChI=1S/C9H9N3/c1-6-3-8-9(4-7(6)2)12-11-5-10-8/h3-5H,1-2H3. The van der Waals surface area contributed by atoms with E-state index in [1.54, 1.807) is 0 Å². The number of hydrogen-bond donors (Lipinski definition) is 0. The lowest BCUT2D eigenvalue weighted by Crippen LogP contribution is -1.89. The van der Waals surface area contributed by atoms with Crippen LogP contribution in [0.4, 0.5) is 0 Å². The molecular weight excluding hydrogens is 150 g/mol. The average Bonchev–Trinajstić information content (AvgIpc) is 2.07. The summed E-state index contributed by atoms with van der Waals surface area (Å²) in [7, 11) is 0. The van der Waals surface area contributed by atoms with Gasteiger partial charge in [0.05, 0.1) is 5.52 Å². The van der Waals surface area contributed by atoms with Crippen molar-refractivity contribution in [3.05, 3.63) is 29.6 Å². The number of fused-ring (bicyclic) bond motifs is 1. The van der Waals surface area contributed by atoms with Crippen molar-refractivity contribution in [1.82, 2.24) is 15.2 Å². The van der Waals surface area contributed by atoms with Gasteiger partial charge in [0, 0.05) is 0 Å². The van der Waals surface area contributed by atoms with Gasteiger partial charge in [-0.2, -0.15) is 0 Å². The van der Waals surface area contributed by atoms with Crippen molar-refractivity contribution in [2.75, 3.05) is 0 Å². The summed E-state index contributed by atoms with van der Waals surface area (Å²) in [6, 6.07) is 4.03. The fraction of sp³-hybridized carbons (Fsp3) is 0.222. The molecule has 0 amide bonds. The number of benzene rings is 1. The van der Waals surface area contributed by atoms with Crippen LogP contribution >= 0.6 is 0 Å². The van der Waals surface area contributed by atoms with E-state index in [1.807, 2.05) is 12.1 Å². The number of rotatable bonds is 0. The Kier molecular flexibility index (Phi) is 1.50. The lowest BCUT2D eigenvalue weighted by atomic mass is 10.1. The molecule has 1 aromatic carbocycles. The Labute approximate surface area is 70.5 Å². The second-order valence-electron chi connectivity index (χ2n) is 2.89. The molecule has 3 heteroatoms. The Hall–Kier alpha value is -1.51. The van der Waals surface area contributed by atoms with E-state index in [4.69, 9.17) is 0 Å². The highest BCUT2D eigenvalue weighted by Crippen LogP contribution is 2.13. The first-order chi connectivity index (χ1) is 5.77. The molecular formula is C9H9N3. The summed E-state index contributed by atoms with van der Waals surface area (Å²) < 4.78 is 0. The molecule has 0 aliphatic rings. The maximum atomic E-state index is 4.11. The number of aromatic nitrogens is 3. The molecule has 0 atom stereocenters. The lowest BCUT2D eigenvalue weighted by molar-refractivity contribution is 1.02. The topological polar surface area (TPSA) is 38.7 Å². The van der Waals surface area contributed by atoms with Gasteiger partial charge in [0.25, 0.3) is 0 Å². The van der Waals surface area contributed by atoms with E-state index in [0.29, 0.717) is 0 Å². The van der Waals surface area contributed by atoms with Crippen LogP contribution in [-0.2, 0) is 0 Å². The number of aryl methyl sites for hydroxylation is 2. The van der Waals surface area contributed by atoms with Crippen LogP contribution < -0.4 is 0 Å². The van der Waals surface area contributed by atoms with E-state index < -0.39 is 0 Å². The van der Waals surface area contributed by atoms with Gasteiger partial charge in [-0.25, -0.2) is 4.98 Å². The van der Waals surface area contributed by atoms with Crippen molar-refractivity contribution < 1.29 is 0 Å². The first-order valence-electron chi connectivity index (χ1n) is 3.82. The molecule has 0 fully saturated rings. The van der Waals surface area contributed by atoms with Gasteiger partial charge in [-0.3, -0.25) is 0 Å². The monoisotopic (exact) mass is 159 g/mol. The van der Waals surface area contributed by atoms with Crippen molar-refractivity contribution in [1.29, 1.82) is 0 Å². The van der Waals surface area contributed by atoms with Crippen LogP contribution in [0, 0.1) is 13.8 Å². The highest BCUT2D eigenvalue weighted by molar-refractivity contribution is 5.75.